The molecule has 1 aromatic carbocycles. The quantitative estimate of drug-likeness (QED) is 0.289. The molecule has 0 fully saturated rings. The molecule has 0 radical (unpaired) electrons. The van der Waals surface area contributed by atoms with Crippen molar-refractivity contribution in [2.45, 2.75) is 33.6 Å². The van der Waals surface area contributed by atoms with Crippen LogP contribution in [0.25, 0.3) is 0 Å². The standard InChI is InChI=1S/C23H26N2O6/c1-5-7-8-9-13-31-23(27)20-16(4)24-15(3)19(22(26)30-6-2)21(20)17-11-10-12-18(14-17)25(28)29/h5,7-12,14,21,24H,6,13H2,1-4H3. The molecule has 8 nitrogen and oxygen atoms in total. The summed E-state index contributed by atoms with van der Waals surface area (Å²) in [7, 11) is 0. The predicted octanol–water partition coefficient (Wildman–Crippen LogP) is 4.07. The Morgan fingerprint density at radius 3 is 2.35 bits per heavy atom. The lowest BCUT2D eigenvalue weighted by molar-refractivity contribution is -0.384. The average Bonchev–Trinajstić information content (AvgIpc) is 2.73. The number of esters is 2. The van der Waals surface area contributed by atoms with Crippen molar-refractivity contribution in [2.75, 3.05) is 13.2 Å². The van der Waals surface area contributed by atoms with Gasteiger partial charge in [0, 0.05) is 23.5 Å². The van der Waals surface area contributed by atoms with Gasteiger partial charge in [0.2, 0.25) is 0 Å². The van der Waals surface area contributed by atoms with E-state index in [1.54, 1.807) is 45.1 Å². The number of dihydropyridines is 1. The summed E-state index contributed by atoms with van der Waals surface area (Å²) >= 11 is 0. The second-order valence-electron chi connectivity index (χ2n) is 6.76. The van der Waals surface area contributed by atoms with Crippen molar-refractivity contribution in [3.8, 4) is 0 Å². The molecule has 0 saturated carbocycles. The number of hydrogen-bond donors (Lipinski definition) is 1. The second-order valence-corrected chi connectivity index (χ2v) is 6.76. The number of allylic oxidation sites excluding steroid dienone is 5. The van der Waals surface area contributed by atoms with E-state index in [0.717, 1.165) is 0 Å². The summed E-state index contributed by atoms with van der Waals surface area (Å²) in [6.07, 6.45) is 7.07. The Hall–Kier alpha value is -3.68. The topological polar surface area (TPSA) is 108 Å². The maximum absolute atomic E-state index is 13.0. The molecule has 1 heterocycles. The van der Waals surface area contributed by atoms with Crippen LogP contribution < -0.4 is 5.32 Å². The largest absolute Gasteiger partial charge is 0.463 e. The van der Waals surface area contributed by atoms with Crippen LogP contribution in [0.5, 0.6) is 0 Å². The van der Waals surface area contributed by atoms with Crippen LogP contribution >= 0.6 is 0 Å². The van der Waals surface area contributed by atoms with E-state index in [4.69, 9.17) is 9.47 Å². The Labute approximate surface area is 181 Å². The van der Waals surface area contributed by atoms with Crippen LogP contribution in [-0.4, -0.2) is 30.1 Å². The Morgan fingerprint density at radius 1 is 1.13 bits per heavy atom. The molecule has 0 saturated heterocycles. The Bertz CT molecular complexity index is 988. The van der Waals surface area contributed by atoms with Crippen LogP contribution in [0.2, 0.25) is 0 Å². The van der Waals surface area contributed by atoms with Crippen LogP contribution in [0, 0.1) is 10.1 Å². The van der Waals surface area contributed by atoms with Crippen LogP contribution in [-0.2, 0) is 19.1 Å². The molecule has 8 heteroatoms. The van der Waals surface area contributed by atoms with Crippen molar-refractivity contribution in [1.29, 1.82) is 0 Å². The first-order chi connectivity index (χ1) is 14.8. The van der Waals surface area contributed by atoms with E-state index in [9.17, 15) is 19.7 Å². The number of non-ortho nitro benzene ring substituents is 1. The van der Waals surface area contributed by atoms with Crippen molar-refractivity contribution in [3.63, 3.8) is 0 Å². The summed E-state index contributed by atoms with van der Waals surface area (Å²) in [5.74, 6) is -2.09. The van der Waals surface area contributed by atoms with E-state index >= 15 is 0 Å². The van der Waals surface area contributed by atoms with Gasteiger partial charge in [-0.1, -0.05) is 30.4 Å². The molecule has 1 aromatic rings. The zero-order chi connectivity index (χ0) is 23.0. The van der Waals surface area contributed by atoms with Crippen LogP contribution in [0.15, 0.2) is 71.1 Å². The zero-order valence-corrected chi connectivity index (χ0v) is 18.0. The van der Waals surface area contributed by atoms with Crippen molar-refractivity contribution < 1.29 is 24.0 Å². The summed E-state index contributed by atoms with van der Waals surface area (Å²) in [5.41, 5.74) is 1.71. The van der Waals surface area contributed by atoms with Gasteiger partial charge in [0.25, 0.3) is 5.69 Å². The molecule has 31 heavy (non-hydrogen) atoms. The molecule has 0 aliphatic carbocycles. The molecule has 1 atom stereocenters. The van der Waals surface area contributed by atoms with Gasteiger partial charge in [-0.25, -0.2) is 9.59 Å². The Balaban J connectivity index is 2.54. The Kier molecular flexibility index (Phi) is 8.31. The minimum atomic E-state index is -0.868. The first-order valence-electron chi connectivity index (χ1n) is 9.86. The molecule has 0 amide bonds. The SMILES string of the molecule is CC=CC=CCOC(=O)C1=C(C)NC(C)=C(C(=O)OCC)C1c1cccc([N+](=O)[O-])c1. The summed E-state index contributed by atoms with van der Waals surface area (Å²) < 4.78 is 10.6. The van der Waals surface area contributed by atoms with E-state index < -0.39 is 22.8 Å². The Morgan fingerprint density at radius 2 is 1.77 bits per heavy atom. The summed E-state index contributed by atoms with van der Waals surface area (Å²) in [4.78, 5) is 36.5. The molecular formula is C23H26N2O6. The first kappa shape index (κ1) is 23.6. The molecule has 1 unspecified atom stereocenters. The third kappa shape index (κ3) is 5.69. The molecule has 1 N–H and O–H groups in total. The van der Waals surface area contributed by atoms with Crippen molar-refractivity contribution in [1.82, 2.24) is 5.32 Å². The highest BCUT2D eigenvalue weighted by Crippen LogP contribution is 2.40. The number of nitro groups is 1. The van der Waals surface area contributed by atoms with E-state index in [-0.39, 0.29) is 30.0 Å². The normalized spacial score (nSPS) is 16.6. The maximum Gasteiger partial charge on any atom is 0.337 e. The third-order valence-electron chi connectivity index (χ3n) is 4.64. The van der Waals surface area contributed by atoms with E-state index in [2.05, 4.69) is 5.32 Å². The molecule has 1 aliphatic heterocycles. The van der Waals surface area contributed by atoms with Crippen molar-refractivity contribution in [3.05, 3.63) is 86.8 Å². The number of rotatable bonds is 8. The molecular weight excluding hydrogens is 400 g/mol. The molecule has 2 rings (SSSR count). The second kappa shape index (κ2) is 10.9. The molecule has 1 aliphatic rings. The number of carbonyl (C=O) groups is 2. The highest BCUT2D eigenvalue weighted by Gasteiger charge is 2.38. The van der Waals surface area contributed by atoms with Gasteiger partial charge >= 0.3 is 11.9 Å². The van der Waals surface area contributed by atoms with Gasteiger partial charge in [0.05, 0.1) is 28.6 Å². The van der Waals surface area contributed by atoms with Crippen LogP contribution in [0.4, 0.5) is 5.69 Å². The molecule has 0 bridgehead atoms. The third-order valence-corrected chi connectivity index (χ3v) is 4.64. The van der Waals surface area contributed by atoms with Gasteiger partial charge in [-0.3, -0.25) is 10.1 Å². The monoisotopic (exact) mass is 426 g/mol. The first-order valence-corrected chi connectivity index (χ1v) is 9.86. The van der Waals surface area contributed by atoms with Gasteiger partial charge in [0.15, 0.2) is 0 Å². The number of nitro benzene ring substituents is 1. The number of nitrogens with zero attached hydrogens (tertiary/aromatic N) is 1. The van der Waals surface area contributed by atoms with Crippen molar-refractivity contribution >= 4 is 17.6 Å². The minimum absolute atomic E-state index is 0.0407. The fourth-order valence-electron chi connectivity index (χ4n) is 3.34. The van der Waals surface area contributed by atoms with Gasteiger partial charge in [0.1, 0.15) is 6.61 Å². The number of ether oxygens (including phenoxy) is 2. The number of carbonyl (C=O) groups excluding carboxylic acids is 2. The lowest BCUT2D eigenvalue weighted by Gasteiger charge is -2.30. The number of benzene rings is 1. The van der Waals surface area contributed by atoms with E-state index in [1.165, 1.54) is 18.2 Å². The molecule has 0 aromatic heterocycles. The molecule has 0 spiro atoms. The lowest BCUT2D eigenvalue weighted by atomic mass is 9.80. The lowest BCUT2D eigenvalue weighted by Crippen LogP contribution is -2.32. The van der Waals surface area contributed by atoms with Crippen LogP contribution in [0.1, 0.15) is 39.2 Å². The minimum Gasteiger partial charge on any atom is -0.463 e. The maximum atomic E-state index is 13.0. The fourth-order valence-corrected chi connectivity index (χ4v) is 3.34. The predicted molar refractivity (Wildman–Crippen MR) is 116 cm³/mol. The van der Waals surface area contributed by atoms with E-state index in [1.807, 2.05) is 13.0 Å². The average molecular weight is 426 g/mol. The zero-order valence-electron chi connectivity index (χ0n) is 18.0. The van der Waals surface area contributed by atoms with E-state index in [0.29, 0.717) is 17.0 Å². The van der Waals surface area contributed by atoms with Crippen LogP contribution in [0.3, 0.4) is 0 Å². The number of hydrogen-bond acceptors (Lipinski definition) is 7. The highest BCUT2D eigenvalue weighted by molar-refractivity contribution is 6.00. The highest BCUT2D eigenvalue weighted by atomic mass is 16.6. The summed E-state index contributed by atoms with van der Waals surface area (Å²) in [5, 5.41) is 14.3. The summed E-state index contributed by atoms with van der Waals surface area (Å²) in [6.45, 7) is 7.13. The van der Waals surface area contributed by atoms with Gasteiger partial charge in [-0.2, -0.15) is 0 Å². The molecule has 164 valence electrons. The van der Waals surface area contributed by atoms with Gasteiger partial charge in [-0.05, 0) is 39.3 Å². The van der Waals surface area contributed by atoms with Gasteiger partial charge in [-0.15, -0.1) is 0 Å². The van der Waals surface area contributed by atoms with Gasteiger partial charge < -0.3 is 14.8 Å². The summed E-state index contributed by atoms with van der Waals surface area (Å²) in [6, 6.07) is 5.87. The van der Waals surface area contributed by atoms with Crippen molar-refractivity contribution in [2.24, 2.45) is 0 Å². The smallest absolute Gasteiger partial charge is 0.337 e. The fraction of sp³-hybridized carbons (Fsp3) is 0.304. The number of nitrogens with one attached hydrogen (secondary N) is 1.